The number of nitrogens with zero attached hydrogens (tertiary/aromatic N) is 1. The SMILES string of the molecule is CC(C)CCN1CCC(CCCl)C1. The first-order valence-electron chi connectivity index (χ1n) is 5.50. The molecule has 78 valence electrons. The first-order chi connectivity index (χ1) is 6.22. The van der Waals surface area contributed by atoms with E-state index in [1.807, 2.05) is 0 Å². The molecule has 1 nitrogen and oxygen atoms in total. The molecule has 13 heavy (non-hydrogen) atoms. The number of halogens is 1. The minimum absolute atomic E-state index is 0.836. The maximum Gasteiger partial charge on any atom is 0.0226 e. The molecule has 1 rings (SSSR count). The van der Waals surface area contributed by atoms with Crippen LogP contribution in [0, 0.1) is 11.8 Å². The number of hydrogen-bond acceptors (Lipinski definition) is 1. The van der Waals surface area contributed by atoms with Gasteiger partial charge < -0.3 is 4.90 Å². The second-order valence-corrected chi connectivity index (χ2v) is 4.99. The lowest BCUT2D eigenvalue weighted by atomic mass is 10.1. The van der Waals surface area contributed by atoms with Crippen LogP contribution in [0.1, 0.15) is 33.1 Å². The van der Waals surface area contributed by atoms with E-state index in [1.165, 1.54) is 38.9 Å². The molecule has 0 aliphatic carbocycles. The summed E-state index contributed by atoms with van der Waals surface area (Å²) in [5.41, 5.74) is 0. The van der Waals surface area contributed by atoms with Crippen LogP contribution in [0.3, 0.4) is 0 Å². The standard InChI is InChI=1S/C11H22ClN/c1-10(2)4-7-13-8-5-11(9-13)3-6-12/h10-11H,3-9H2,1-2H3. The van der Waals surface area contributed by atoms with E-state index < -0.39 is 0 Å². The molecule has 1 fully saturated rings. The molecule has 1 unspecified atom stereocenters. The summed E-state index contributed by atoms with van der Waals surface area (Å²) in [5.74, 6) is 2.56. The molecule has 1 atom stereocenters. The van der Waals surface area contributed by atoms with Crippen molar-refractivity contribution in [1.82, 2.24) is 4.90 Å². The Morgan fingerprint density at radius 1 is 1.46 bits per heavy atom. The van der Waals surface area contributed by atoms with Gasteiger partial charge in [-0.15, -0.1) is 11.6 Å². The summed E-state index contributed by atoms with van der Waals surface area (Å²) in [5, 5.41) is 0. The lowest BCUT2D eigenvalue weighted by molar-refractivity contribution is 0.301. The number of rotatable bonds is 5. The van der Waals surface area contributed by atoms with Crippen molar-refractivity contribution in [3.8, 4) is 0 Å². The van der Waals surface area contributed by atoms with Crippen LogP contribution in [0.15, 0.2) is 0 Å². The molecular formula is C11H22ClN. The van der Waals surface area contributed by atoms with E-state index >= 15 is 0 Å². The molecule has 0 bridgehead atoms. The Morgan fingerprint density at radius 2 is 2.23 bits per heavy atom. The summed E-state index contributed by atoms with van der Waals surface area (Å²) in [6.07, 6.45) is 3.91. The van der Waals surface area contributed by atoms with Gasteiger partial charge in [0, 0.05) is 12.4 Å². The molecule has 0 amide bonds. The van der Waals surface area contributed by atoms with Crippen LogP contribution in [-0.4, -0.2) is 30.4 Å². The summed E-state index contributed by atoms with van der Waals surface area (Å²) in [7, 11) is 0. The van der Waals surface area contributed by atoms with E-state index in [-0.39, 0.29) is 0 Å². The summed E-state index contributed by atoms with van der Waals surface area (Å²) in [6, 6.07) is 0. The molecule has 0 spiro atoms. The van der Waals surface area contributed by atoms with Crippen LogP contribution in [0.5, 0.6) is 0 Å². The third-order valence-electron chi connectivity index (χ3n) is 2.91. The molecule has 0 saturated carbocycles. The molecular weight excluding hydrogens is 182 g/mol. The maximum atomic E-state index is 5.74. The van der Waals surface area contributed by atoms with Crippen LogP contribution < -0.4 is 0 Å². The van der Waals surface area contributed by atoms with Crippen LogP contribution in [0.4, 0.5) is 0 Å². The molecule has 1 aliphatic heterocycles. The fraction of sp³-hybridized carbons (Fsp3) is 1.00. The predicted octanol–water partition coefficient (Wildman–Crippen LogP) is 2.98. The van der Waals surface area contributed by atoms with Crippen molar-refractivity contribution in [2.45, 2.75) is 33.1 Å². The van der Waals surface area contributed by atoms with Gasteiger partial charge in [-0.05, 0) is 44.2 Å². The number of hydrogen-bond donors (Lipinski definition) is 0. The minimum Gasteiger partial charge on any atom is -0.303 e. The molecule has 0 aromatic rings. The monoisotopic (exact) mass is 203 g/mol. The molecule has 1 aliphatic rings. The third kappa shape index (κ3) is 4.33. The van der Waals surface area contributed by atoms with E-state index in [0.29, 0.717) is 0 Å². The van der Waals surface area contributed by atoms with Crippen LogP contribution in [-0.2, 0) is 0 Å². The molecule has 0 aromatic carbocycles. The normalized spacial score (nSPS) is 24.5. The second kappa shape index (κ2) is 5.87. The quantitative estimate of drug-likeness (QED) is 0.621. The van der Waals surface area contributed by atoms with Gasteiger partial charge in [-0.25, -0.2) is 0 Å². The Labute approximate surface area is 87.4 Å². The minimum atomic E-state index is 0.836. The van der Waals surface area contributed by atoms with Gasteiger partial charge in [0.1, 0.15) is 0 Å². The van der Waals surface area contributed by atoms with Gasteiger partial charge in [-0.2, -0.15) is 0 Å². The summed E-state index contributed by atoms with van der Waals surface area (Å²) >= 11 is 5.74. The van der Waals surface area contributed by atoms with E-state index in [2.05, 4.69) is 18.7 Å². The largest absolute Gasteiger partial charge is 0.303 e. The molecule has 2 heteroatoms. The Morgan fingerprint density at radius 3 is 2.85 bits per heavy atom. The Kier molecular flexibility index (Phi) is 5.12. The van der Waals surface area contributed by atoms with Crippen molar-refractivity contribution in [2.75, 3.05) is 25.5 Å². The van der Waals surface area contributed by atoms with Gasteiger partial charge >= 0.3 is 0 Å². The van der Waals surface area contributed by atoms with Crippen LogP contribution >= 0.6 is 11.6 Å². The zero-order chi connectivity index (χ0) is 9.68. The summed E-state index contributed by atoms with van der Waals surface area (Å²) in [4.78, 5) is 2.59. The first-order valence-corrected chi connectivity index (χ1v) is 6.04. The van der Waals surface area contributed by atoms with Gasteiger partial charge in [0.25, 0.3) is 0 Å². The lowest BCUT2D eigenvalue weighted by Crippen LogP contribution is -2.23. The van der Waals surface area contributed by atoms with Gasteiger partial charge in [0.05, 0.1) is 0 Å². The molecule has 0 N–H and O–H groups in total. The predicted molar refractivity (Wildman–Crippen MR) is 59.3 cm³/mol. The maximum absolute atomic E-state index is 5.74. The van der Waals surface area contributed by atoms with Gasteiger partial charge in [0.2, 0.25) is 0 Å². The van der Waals surface area contributed by atoms with Crippen molar-refractivity contribution in [3.63, 3.8) is 0 Å². The molecule has 1 saturated heterocycles. The average molecular weight is 204 g/mol. The third-order valence-corrected chi connectivity index (χ3v) is 3.13. The van der Waals surface area contributed by atoms with Crippen molar-refractivity contribution < 1.29 is 0 Å². The Balaban J connectivity index is 2.10. The van der Waals surface area contributed by atoms with Gasteiger partial charge in [-0.3, -0.25) is 0 Å². The molecule has 0 radical (unpaired) electrons. The van der Waals surface area contributed by atoms with Crippen molar-refractivity contribution in [3.05, 3.63) is 0 Å². The number of alkyl halides is 1. The zero-order valence-electron chi connectivity index (χ0n) is 8.93. The molecule has 0 aromatic heterocycles. The lowest BCUT2D eigenvalue weighted by Gasteiger charge is -2.16. The Hall–Kier alpha value is 0.250. The van der Waals surface area contributed by atoms with Crippen molar-refractivity contribution >= 4 is 11.6 Å². The van der Waals surface area contributed by atoms with Gasteiger partial charge in [0.15, 0.2) is 0 Å². The highest BCUT2D eigenvalue weighted by Crippen LogP contribution is 2.20. The van der Waals surface area contributed by atoms with E-state index in [9.17, 15) is 0 Å². The van der Waals surface area contributed by atoms with Crippen LogP contribution in [0.25, 0.3) is 0 Å². The highest BCUT2D eigenvalue weighted by atomic mass is 35.5. The van der Waals surface area contributed by atoms with Crippen LogP contribution in [0.2, 0.25) is 0 Å². The van der Waals surface area contributed by atoms with Crippen molar-refractivity contribution in [2.24, 2.45) is 11.8 Å². The van der Waals surface area contributed by atoms with Gasteiger partial charge in [-0.1, -0.05) is 13.8 Å². The van der Waals surface area contributed by atoms with Crippen molar-refractivity contribution in [1.29, 1.82) is 0 Å². The van der Waals surface area contributed by atoms with E-state index in [4.69, 9.17) is 11.6 Å². The fourth-order valence-corrected chi connectivity index (χ4v) is 2.26. The highest BCUT2D eigenvalue weighted by molar-refractivity contribution is 6.17. The second-order valence-electron chi connectivity index (χ2n) is 4.62. The summed E-state index contributed by atoms with van der Waals surface area (Å²) in [6.45, 7) is 8.48. The highest BCUT2D eigenvalue weighted by Gasteiger charge is 2.21. The first kappa shape index (κ1) is 11.3. The average Bonchev–Trinajstić information content (AvgIpc) is 2.50. The van der Waals surface area contributed by atoms with E-state index in [0.717, 1.165) is 17.7 Å². The topological polar surface area (TPSA) is 3.24 Å². The Bertz CT molecular complexity index is 136. The summed E-state index contributed by atoms with van der Waals surface area (Å²) < 4.78 is 0. The van der Waals surface area contributed by atoms with E-state index in [1.54, 1.807) is 0 Å². The smallest absolute Gasteiger partial charge is 0.0226 e. The number of likely N-dealkylation sites (tertiary alicyclic amines) is 1. The fourth-order valence-electron chi connectivity index (χ4n) is 1.95. The molecule has 1 heterocycles. The zero-order valence-corrected chi connectivity index (χ0v) is 9.69.